The summed E-state index contributed by atoms with van der Waals surface area (Å²) in [4.78, 5) is 11.9. The minimum absolute atomic E-state index is 0. The fraction of sp³-hybridized carbons (Fsp3) is 0.636. The monoisotopic (exact) mass is 528 g/mol. The van der Waals surface area contributed by atoms with Crippen molar-refractivity contribution in [3.05, 3.63) is 30.1 Å². The van der Waals surface area contributed by atoms with E-state index < -0.39 is 0 Å². The molecule has 0 aliphatic carbocycles. The summed E-state index contributed by atoms with van der Waals surface area (Å²) >= 11 is 0. The second-order valence-electron chi connectivity index (χ2n) is 7.82. The van der Waals surface area contributed by atoms with E-state index in [4.69, 9.17) is 9.73 Å². The second-order valence-corrected chi connectivity index (χ2v) is 7.82. The molecular weight excluding hydrogens is 491 g/mol. The number of ether oxygens (including phenoxy) is 1. The lowest BCUT2D eigenvalue weighted by Gasteiger charge is -2.28. The van der Waals surface area contributed by atoms with Gasteiger partial charge in [-0.05, 0) is 38.3 Å². The number of aliphatic imine (C=N–C) groups is 1. The normalized spacial score (nSPS) is 16.3. The van der Waals surface area contributed by atoms with Crippen LogP contribution < -0.4 is 10.6 Å². The molecule has 3 rings (SSSR count). The molecule has 2 aromatic rings. The average molecular weight is 528 g/mol. The van der Waals surface area contributed by atoms with Crippen molar-refractivity contribution < 1.29 is 4.74 Å². The summed E-state index contributed by atoms with van der Waals surface area (Å²) < 4.78 is 7.73. The number of fused-ring (bicyclic) bond motifs is 1. The second kappa shape index (κ2) is 13.1. The van der Waals surface area contributed by atoms with E-state index in [-0.39, 0.29) is 24.0 Å². The zero-order chi connectivity index (χ0) is 20.5. The van der Waals surface area contributed by atoms with Crippen molar-refractivity contribution in [1.29, 1.82) is 0 Å². The lowest BCUT2D eigenvalue weighted by atomic mass is 10.1. The van der Waals surface area contributed by atoms with Crippen LogP contribution in [0.4, 0.5) is 0 Å². The van der Waals surface area contributed by atoms with E-state index in [1.807, 2.05) is 6.07 Å². The number of rotatable bonds is 9. The van der Waals surface area contributed by atoms with Gasteiger partial charge < -0.3 is 19.9 Å². The van der Waals surface area contributed by atoms with Crippen LogP contribution in [-0.4, -0.2) is 72.9 Å². The standard InChI is InChI=1S/C22H36N6O.HI/c1-4-23-22(25-16-18(2)17-27-12-14-29-15-13-27)24-10-7-11-28-19(3)26-20-8-5-6-9-21(20)28;/h5-6,8-9,18H,4,7,10-17H2,1-3H3,(H2,23,24,25);1H. The molecule has 2 N–H and O–H groups in total. The van der Waals surface area contributed by atoms with Crippen molar-refractivity contribution in [3.8, 4) is 0 Å². The SMILES string of the molecule is CCNC(=NCC(C)CN1CCOCC1)NCCCn1c(C)nc2ccccc21.I. The third-order valence-corrected chi connectivity index (χ3v) is 5.28. The molecular formula is C22H37IN6O. The number of aryl methyl sites for hydroxylation is 2. The summed E-state index contributed by atoms with van der Waals surface area (Å²) in [7, 11) is 0. The Kier molecular flexibility index (Phi) is 10.9. The summed E-state index contributed by atoms with van der Waals surface area (Å²) in [6, 6.07) is 8.33. The first-order valence-electron chi connectivity index (χ1n) is 10.9. The van der Waals surface area contributed by atoms with Crippen LogP contribution in [0, 0.1) is 12.8 Å². The van der Waals surface area contributed by atoms with Gasteiger partial charge in [-0.3, -0.25) is 9.89 Å². The van der Waals surface area contributed by atoms with Gasteiger partial charge in [-0.2, -0.15) is 0 Å². The summed E-state index contributed by atoms with van der Waals surface area (Å²) in [5.41, 5.74) is 2.28. The molecule has 0 saturated carbocycles. The predicted octanol–water partition coefficient (Wildman–Crippen LogP) is 2.88. The predicted molar refractivity (Wildman–Crippen MR) is 135 cm³/mol. The number of para-hydroxylation sites is 2. The van der Waals surface area contributed by atoms with E-state index in [0.717, 1.165) is 82.7 Å². The third kappa shape index (κ3) is 7.39. The molecule has 7 nitrogen and oxygen atoms in total. The van der Waals surface area contributed by atoms with Gasteiger partial charge in [-0.1, -0.05) is 19.1 Å². The number of imidazole rings is 1. The van der Waals surface area contributed by atoms with E-state index in [1.165, 1.54) is 5.52 Å². The molecule has 168 valence electrons. The number of nitrogens with one attached hydrogen (secondary N) is 2. The summed E-state index contributed by atoms with van der Waals surface area (Å²) in [5.74, 6) is 2.51. The van der Waals surface area contributed by atoms with Crippen LogP contribution in [0.5, 0.6) is 0 Å². The molecule has 1 aromatic heterocycles. The first-order chi connectivity index (χ1) is 14.2. The lowest BCUT2D eigenvalue weighted by molar-refractivity contribution is 0.0323. The Morgan fingerprint density at radius 3 is 2.77 bits per heavy atom. The smallest absolute Gasteiger partial charge is 0.191 e. The molecule has 1 aromatic carbocycles. The molecule has 1 fully saturated rings. The maximum atomic E-state index is 5.43. The molecule has 30 heavy (non-hydrogen) atoms. The van der Waals surface area contributed by atoms with Crippen LogP contribution >= 0.6 is 24.0 Å². The van der Waals surface area contributed by atoms with E-state index in [0.29, 0.717) is 5.92 Å². The Labute approximate surface area is 197 Å². The Bertz CT molecular complexity index is 787. The first-order valence-corrected chi connectivity index (χ1v) is 10.9. The highest BCUT2D eigenvalue weighted by Crippen LogP contribution is 2.15. The number of hydrogen-bond donors (Lipinski definition) is 2. The third-order valence-electron chi connectivity index (χ3n) is 5.28. The molecule has 2 heterocycles. The minimum atomic E-state index is 0. The number of halogens is 1. The van der Waals surface area contributed by atoms with Gasteiger partial charge in [0.25, 0.3) is 0 Å². The molecule has 1 aliphatic rings. The molecule has 1 aliphatic heterocycles. The molecule has 0 bridgehead atoms. The van der Waals surface area contributed by atoms with Crippen LogP contribution in [0.15, 0.2) is 29.3 Å². The fourth-order valence-corrected chi connectivity index (χ4v) is 3.79. The van der Waals surface area contributed by atoms with Crippen molar-refractivity contribution in [3.63, 3.8) is 0 Å². The maximum Gasteiger partial charge on any atom is 0.191 e. The van der Waals surface area contributed by atoms with Gasteiger partial charge in [0.15, 0.2) is 5.96 Å². The molecule has 0 amide bonds. The van der Waals surface area contributed by atoms with Crippen molar-refractivity contribution in [2.24, 2.45) is 10.9 Å². The number of nitrogens with zero attached hydrogens (tertiary/aromatic N) is 4. The summed E-state index contributed by atoms with van der Waals surface area (Å²) in [5, 5.41) is 6.84. The van der Waals surface area contributed by atoms with Crippen LogP contribution in [0.1, 0.15) is 26.1 Å². The highest BCUT2D eigenvalue weighted by molar-refractivity contribution is 14.0. The zero-order valence-electron chi connectivity index (χ0n) is 18.6. The van der Waals surface area contributed by atoms with Crippen molar-refractivity contribution in [1.82, 2.24) is 25.1 Å². The Hall–Kier alpha value is -1.39. The molecule has 1 atom stereocenters. The van der Waals surface area contributed by atoms with Gasteiger partial charge in [-0.25, -0.2) is 4.98 Å². The number of benzene rings is 1. The molecule has 1 saturated heterocycles. The number of hydrogen-bond acceptors (Lipinski definition) is 4. The Morgan fingerprint density at radius 2 is 2.00 bits per heavy atom. The Balaban J connectivity index is 0.00000320. The maximum absolute atomic E-state index is 5.43. The number of morpholine rings is 1. The topological polar surface area (TPSA) is 66.7 Å². The molecule has 0 spiro atoms. The van der Waals surface area contributed by atoms with Crippen molar-refractivity contribution >= 4 is 41.0 Å². The van der Waals surface area contributed by atoms with E-state index >= 15 is 0 Å². The largest absolute Gasteiger partial charge is 0.379 e. The highest BCUT2D eigenvalue weighted by atomic mass is 127. The van der Waals surface area contributed by atoms with E-state index in [1.54, 1.807) is 0 Å². The van der Waals surface area contributed by atoms with E-state index in [9.17, 15) is 0 Å². The summed E-state index contributed by atoms with van der Waals surface area (Å²) in [6.45, 7) is 14.9. The highest BCUT2D eigenvalue weighted by Gasteiger charge is 2.13. The lowest BCUT2D eigenvalue weighted by Crippen LogP contribution is -2.40. The van der Waals surface area contributed by atoms with Crippen LogP contribution in [0.25, 0.3) is 11.0 Å². The van der Waals surface area contributed by atoms with Crippen molar-refractivity contribution in [2.45, 2.75) is 33.7 Å². The zero-order valence-corrected chi connectivity index (χ0v) is 20.9. The van der Waals surface area contributed by atoms with E-state index in [2.05, 4.69) is 64.1 Å². The van der Waals surface area contributed by atoms with Gasteiger partial charge in [0, 0.05) is 45.8 Å². The molecule has 8 heteroatoms. The van der Waals surface area contributed by atoms with Gasteiger partial charge >= 0.3 is 0 Å². The van der Waals surface area contributed by atoms with Crippen LogP contribution in [0.3, 0.4) is 0 Å². The van der Waals surface area contributed by atoms with Crippen LogP contribution in [0.2, 0.25) is 0 Å². The molecule has 1 unspecified atom stereocenters. The van der Waals surface area contributed by atoms with Gasteiger partial charge in [0.05, 0.1) is 24.2 Å². The number of guanidine groups is 1. The van der Waals surface area contributed by atoms with Crippen LogP contribution in [-0.2, 0) is 11.3 Å². The fourth-order valence-electron chi connectivity index (χ4n) is 3.79. The minimum Gasteiger partial charge on any atom is -0.379 e. The van der Waals surface area contributed by atoms with Crippen molar-refractivity contribution in [2.75, 3.05) is 52.5 Å². The average Bonchev–Trinajstić information content (AvgIpc) is 3.05. The Morgan fingerprint density at radius 1 is 1.23 bits per heavy atom. The quantitative estimate of drug-likeness (QED) is 0.227. The summed E-state index contributed by atoms with van der Waals surface area (Å²) in [6.07, 6.45) is 1.02. The number of aromatic nitrogens is 2. The van der Waals surface area contributed by atoms with Gasteiger partial charge in [-0.15, -0.1) is 24.0 Å². The first kappa shape index (κ1) is 24.9. The van der Waals surface area contributed by atoms with Gasteiger partial charge in [0.1, 0.15) is 5.82 Å². The molecule has 0 radical (unpaired) electrons. The van der Waals surface area contributed by atoms with Gasteiger partial charge in [0.2, 0.25) is 0 Å².